The molecule has 1 heterocycles. The first kappa shape index (κ1) is 14.1. The molecule has 0 bridgehead atoms. The number of aryl methyl sites for hydroxylation is 1. The zero-order valence-corrected chi connectivity index (χ0v) is 13.1. The number of anilines is 1. The summed E-state index contributed by atoms with van der Waals surface area (Å²) in [4.78, 5) is 13.0. The maximum atomic E-state index is 12.4. The molecule has 0 fully saturated rings. The zero-order chi connectivity index (χ0) is 14.8. The van der Waals surface area contributed by atoms with Gasteiger partial charge in [-0.05, 0) is 30.2 Å². The van der Waals surface area contributed by atoms with Crippen molar-refractivity contribution in [2.24, 2.45) is 0 Å². The van der Waals surface area contributed by atoms with Crippen molar-refractivity contribution in [1.82, 2.24) is 0 Å². The number of benzene rings is 2. The summed E-state index contributed by atoms with van der Waals surface area (Å²) in [7, 11) is 0. The number of hydrogen-bond donors (Lipinski definition) is 1. The van der Waals surface area contributed by atoms with E-state index in [0.29, 0.717) is 9.90 Å². The van der Waals surface area contributed by atoms with Crippen molar-refractivity contribution in [3.63, 3.8) is 0 Å². The quantitative estimate of drug-likeness (QED) is 0.691. The van der Waals surface area contributed by atoms with Crippen LogP contribution in [0.5, 0.6) is 0 Å². The molecule has 1 N–H and O–H groups in total. The molecule has 0 saturated carbocycles. The lowest BCUT2D eigenvalue weighted by molar-refractivity contribution is 0.103. The van der Waals surface area contributed by atoms with Crippen molar-refractivity contribution in [3.05, 3.63) is 64.0 Å². The molecule has 0 unspecified atom stereocenters. The third-order valence-corrected chi connectivity index (χ3v) is 5.01. The van der Waals surface area contributed by atoms with Gasteiger partial charge in [-0.2, -0.15) is 0 Å². The highest BCUT2D eigenvalue weighted by molar-refractivity contribution is 7.21. The summed E-state index contributed by atoms with van der Waals surface area (Å²) in [5.41, 5.74) is 1.99. The van der Waals surface area contributed by atoms with Gasteiger partial charge in [0.1, 0.15) is 4.88 Å². The van der Waals surface area contributed by atoms with Crippen molar-refractivity contribution < 1.29 is 4.79 Å². The van der Waals surface area contributed by atoms with E-state index >= 15 is 0 Å². The van der Waals surface area contributed by atoms with Gasteiger partial charge in [-0.3, -0.25) is 4.79 Å². The Balaban J connectivity index is 1.91. The van der Waals surface area contributed by atoms with Crippen LogP contribution < -0.4 is 5.32 Å². The van der Waals surface area contributed by atoms with Crippen LogP contribution in [0.3, 0.4) is 0 Å². The summed E-state index contributed by atoms with van der Waals surface area (Å²) in [5, 5.41) is 4.38. The van der Waals surface area contributed by atoms with Gasteiger partial charge in [0, 0.05) is 15.8 Å². The van der Waals surface area contributed by atoms with Crippen molar-refractivity contribution in [2.75, 3.05) is 5.32 Å². The average molecular weight is 316 g/mol. The first-order chi connectivity index (χ1) is 10.2. The van der Waals surface area contributed by atoms with Gasteiger partial charge in [-0.15, -0.1) is 11.3 Å². The second-order valence-electron chi connectivity index (χ2n) is 4.75. The van der Waals surface area contributed by atoms with Gasteiger partial charge in [0.15, 0.2) is 0 Å². The highest BCUT2D eigenvalue weighted by atomic mass is 35.5. The number of fused-ring (bicyclic) bond motifs is 1. The van der Waals surface area contributed by atoms with Gasteiger partial charge in [0.2, 0.25) is 0 Å². The van der Waals surface area contributed by atoms with Crippen LogP contribution in [0.4, 0.5) is 5.69 Å². The molecule has 2 nitrogen and oxygen atoms in total. The number of carbonyl (C=O) groups is 1. The van der Waals surface area contributed by atoms with E-state index in [9.17, 15) is 4.79 Å². The number of hydrogen-bond acceptors (Lipinski definition) is 2. The van der Waals surface area contributed by atoms with Crippen LogP contribution in [0, 0.1) is 0 Å². The minimum Gasteiger partial charge on any atom is -0.321 e. The Morgan fingerprint density at radius 2 is 2.00 bits per heavy atom. The summed E-state index contributed by atoms with van der Waals surface area (Å²) in [6.45, 7) is 2.09. The third kappa shape index (κ3) is 2.80. The Bertz CT molecular complexity index is 809. The maximum Gasteiger partial charge on any atom is 0.267 e. The molecule has 0 aliphatic heterocycles. The van der Waals surface area contributed by atoms with Gasteiger partial charge < -0.3 is 5.32 Å². The van der Waals surface area contributed by atoms with Gasteiger partial charge in [0.05, 0.1) is 5.02 Å². The molecule has 0 saturated heterocycles. The molecular weight excluding hydrogens is 302 g/mol. The van der Waals surface area contributed by atoms with E-state index in [1.165, 1.54) is 16.9 Å². The van der Waals surface area contributed by atoms with E-state index in [1.807, 2.05) is 48.5 Å². The maximum absolute atomic E-state index is 12.4. The molecule has 21 heavy (non-hydrogen) atoms. The standard InChI is InChI=1S/C17H14ClNOS/c1-2-11-6-5-7-12(10-11)19-17(20)16-15(18)13-8-3-4-9-14(13)21-16/h3-10H,2H2,1H3,(H,19,20). The van der Waals surface area contributed by atoms with Crippen LogP contribution in [0.2, 0.25) is 5.02 Å². The second-order valence-corrected chi connectivity index (χ2v) is 6.18. The van der Waals surface area contributed by atoms with Crippen LogP contribution >= 0.6 is 22.9 Å². The van der Waals surface area contributed by atoms with Crippen molar-refractivity contribution in [3.8, 4) is 0 Å². The minimum atomic E-state index is -0.158. The SMILES string of the molecule is CCc1cccc(NC(=O)c2sc3ccccc3c2Cl)c1. The molecule has 2 aromatic carbocycles. The summed E-state index contributed by atoms with van der Waals surface area (Å²) in [6.07, 6.45) is 0.938. The Morgan fingerprint density at radius 3 is 2.76 bits per heavy atom. The molecule has 3 aromatic rings. The molecule has 1 amide bonds. The van der Waals surface area contributed by atoms with Gasteiger partial charge in [-0.25, -0.2) is 0 Å². The Kier molecular flexibility index (Phi) is 3.95. The number of halogens is 1. The Labute approximate surface area is 132 Å². The lowest BCUT2D eigenvalue weighted by Gasteiger charge is -2.05. The molecule has 1 aromatic heterocycles. The molecule has 3 rings (SSSR count). The van der Waals surface area contributed by atoms with E-state index in [1.54, 1.807) is 0 Å². The van der Waals surface area contributed by atoms with Gasteiger partial charge >= 0.3 is 0 Å². The highest BCUT2D eigenvalue weighted by Crippen LogP contribution is 2.35. The van der Waals surface area contributed by atoms with E-state index in [-0.39, 0.29) is 5.91 Å². The lowest BCUT2D eigenvalue weighted by atomic mass is 10.1. The number of amides is 1. The fraction of sp³-hybridized carbons (Fsp3) is 0.118. The fourth-order valence-corrected chi connectivity index (χ4v) is 3.63. The molecule has 0 aliphatic rings. The predicted octanol–water partition coefficient (Wildman–Crippen LogP) is 5.37. The van der Waals surface area contributed by atoms with Gasteiger partial charge in [0.25, 0.3) is 5.91 Å². The molecule has 0 radical (unpaired) electrons. The van der Waals surface area contributed by atoms with Crippen molar-refractivity contribution in [1.29, 1.82) is 0 Å². The summed E-state index contributed by atoms with van der Waals surface area (Å²) >= 11 is 7.74. The largest absolute Gasteiger partial charge is 0.321 e. The fourth-order valence-electron chi connectivity index (χ4n) is 2.22. The summed E-state index contributed by atoms with van der Waals surface area (Å²) < 4.78 is 1.02. The molecule has 0 atom stereocenters. The number of thiophene rings is 1. The molecule has 0 aliphatic carbocycles. The Hall–Kier alpha value is -1.84. The number of rotatable bonds is 3. The highest BCUT2D eigenvalue weighted by Gasteiger charge is 2.16. The molecule has 0 spiro atoms. The van der Waals surface area contributed by atoms with Crippen molar-refractivity contribution in [2.45, 2.75) is 13.3 Å². The lowest BCUT2D eigenvalue weighted by Crippen LogP contribution is -2.10. The van der Waals surface area contributed by atoms with Crippen molar-refractivity contribution >= 4 is 44.6 Å². The van der Waals surface area contributed by atoms with Crippen LogP contribution in [0.25, 0.3) is 10.1 Å². The monoisotopic (exact) mass is 315 g/mol. The van der Waals surface area contributed by atoms with E-state index in [4.69, 9.17) is 11.6 Å². The summed E-state index contributed by atoms with van der Waals surface area (Å²) in [5.74, 6) is -0.158. The molecular formula is C17H14ClNOS. The Morgan fingerprint density at radius 1 is 1.19 bits per heavy atom. The van der Waals surface area contributed by atoms with E-state index < -0.39 is 0 Å². The minimum absolute atomic E-state index is 0.158. The average Bonchev–Trinajstić information content (AvgIpc) is 2.85. The van der Waals surface area contributed by atoms with Crippen LogP contribution in [-0.2, 0) is 6.42 Å². The van der Waals surface area contributed by atoms with Crippen LogP contribution in [0.1, 0.15) is 22.2 Å². The third-order valence-electron chi connectivity index (χ3n) is 3.33. The van der Waals surface area contributed by atoms with E-state index in [0.717, 1.165) is 22.2 Å². The number of nitrogens with one attached hydrogen (secondary N) is 1. The van der Waals surface area contributed by atoms with Crippen LogP contribution in [0.15, 0.2) is 48.5 Å². The van der Waals surface area contributed by atoms with Crippen LogP contribution in [-0.4, -0.2) is 5.91 Å². The number of carbonyl (C=O) groups excluding carboxylic acids is 1. The normalized spacial score (nSPS) is 10.8. The second kappa shape index (κ2) is 5.88. The zero-order valence-electron chi connectivity index (χ0n) is 11.5. The van der Waals surface area contributed by atoms with Gasteiger partial charge in [-0.1, -0.05) is 48.9 Å². The molecule has 106 valence electrons. The smallest absolute Gasteiger partial charge is 0.267 e. The van der Waals surface area contributed by atoms with E-state index in [2.05, 4.69) is 12.2 Å². The first-order valence-electron chi connectivity index (χ1n) is 6.76. The summed E-state index contributed by atoms with van der Waals surface area (Å²) in [6, 6.07) is 15.6. The first-order valence-corrected chi connectivity index (χ1v) is 7.96. The predicted molar refractivity (Wildman–Crippen MR) is 90.6 cm³/mol. The molecule has 4 heteroatoms. The topological polar surface area (TPSA) is 29.1 Å².